The van der Waals surface area contributed by atoms with Crippen LogP contribution in [0.25, 0.3) is 0 Å². The number of carbonyl (C=O) groups is 1. The highest BCUT2D eigenvalue weighted by Crippen LogP contribution is 2.23. The van der Waals surface area contributed by atoms with Crippen molar-refractivity contribution in [1.29, 1.82) is 0 Å². The van der Waals surface area contributed by atoms with Crippen LogP contribution in [0.2, 0.25) is 0 Å². The third-order valence-corrected chi connectivity index (χ3v) is 2.32. The van der Waals surface area contributed by atoms with Gasteiger partial charge >= 0.3 is 5.97 Å². The van der Waals surface area contributed by atoms with Crippen LogP contribution < -0.4 is 0 Å². The molecular weight excluding hydrogens is 200 g/mol. The molecule has 0 saturated heterocycles. The molecule has 0 aliphatic rings. The zero-order chi connectivity index (χ0) is 12.0. The minimum atomic E-state index is -0.317. The van der Waals surface area contributed by atoms with Gasteiger partial charge in [-0.3, -0.25) is 0 Å². The molecule has 0 spiro atoms. The van der Waals surface area contributed by atoms with Gasteiger partial charge in [0.2, 0.25) is 0 Å². The number of carbonyl (C=O) groups excluding carboxylic acids is 1. The van der Waals surface area contributed by atoms with E-state index in [9.17, 15) is 4.79 Å². The van der Waals surface area contributed by atoms with E-state index in [-0.39, 0.29) is 12.1 Å². The summed E-state index contributed by atoms with van der Waals surface area (Å²) in [6.45, 7) is 7.32. The predicted molar refractivity (Wildman–Crippen MR) is 65.0 cm³/mol. The minimum Gasteiger partial charge on any atom is -0.454 e. The fraction of sp³-hybridized carbons (Fsp3) is 0.357. The van der Waals surface area contributed by atoms with Crippen molar-refractivity contribution in [2.45, 2.75) is 32.8 Å². The molecule has 0 heterocycles. The van der Waals surface area contributed by atoms with E-state index in [4.69, 9.17) is 4.74 Å². The van der Waals surface area contributed by atoms with Crippen molar-refractivity contribution >= 4 is 5.97 Å². The van der Waals surface area contributed by atoms with Gasteiger partial charge in [-0.15, -0.1) is 0 Å². The Kier molecular flexibility index (Phi) is 4.77. The SMILES string of the molecule is C=C(C)C(=O)OC(CCC)c1ccccc1. The van der Waals surface area contributed by atoms with E-state index >= 15 is 0 Å². The predicted octanol–water partition coefficient (Wildman–Crippen LogP) is 3.65. The van der Waals surface area contributed by atoms with Gasteiger partial charge in [-0.25, -0.2) is 4.79 Å². The van der Waals surface area contributed by atoms with Crippen LogP contribution in [0.4, 0.5) is 0 Å². The van der Waals surface area contributed by atoms with Crippen LogP contribution in [-0.4, -0.2) is 5.97 Å². The topological polar surface area (TPSA) is 26.3 Å². The van der Waals surface area contributed by atoms with Crippen LogP contribution in [0.3, 0.4) is 0 Å². The van der Waals surface area contributed by atoms with Crippen molar-refractivity contribution in [3.63, 3.8) is 0 Å². The summed E-state index contributed by atoms with van der Waals surface area (Å²) in [5.41, 5.74) is 1.48. The summed E-state index contributed by atoms with van der Waals surface area (Å²) in [6, 6.07) is 9.81. The van der Waals surface area contributed by atoms with Gasteiger partial charge in [0.25, 0.3) is 0 Å². The van der Waals surface area contributed by atoms with Crippen LogP contribution >= 0.6 is 0 Å². The fourth-order valence-corrected chi connectivity index (χ4v) is 1.45. The molecule has 1 aromatic carbocycles. The highest BCUT2D eigenvalue weighted by Gasteiger charge is 2.15. The quantitative estimate of drug-likeness (QED) is 0.557. The number of esters is 1. The molecule has 0 aromatic heterocycles. The van der Waals surface area contributed by atoms with Crippen molar-refractivity contribution in [3.05, 3.63) is 48.0 Å². The maximum atomic E-state index is 11.5. The fourth-order valence-electron chi connectivity index (χ4n) is 1.45. The van der Waals surface area contributed by atoms with Crippen molar-refractivity contribution in [2.24, 2.45) is 0 Å². The summed E-state index contributed by atoms with van der Waals surface area (Å²) in [5.74, 6) is -0.317. The zero-order valence-corrected chi connectivity index (χ0v) is 9.90. The summed E-state index contributed by atoms with van der Waals surface area (Å²) in [5, 5.41) is 0. The largest absolute Gasteiger partial charge is 0.454 e. The molecule has 0 N–H and O–H groups in total. The van der Waals surface area contributed by atoms with E-state index in [1.165, 1.54) is 0 Å². The third kappa shape index (κ3) is 3.54. The molecule has 0 fully saturated rings. The van der Waals surface area contributed by atoms with Crippen molar-refractivity contribution in [1.82, 2.24) is 0 Å². The molecule has 0 radical (unpaired) electrons. The van der Waals surface area contributed by atoms with Crippen LogP contribution in [0.15, 0.2) is 42.5 Å². The molecule has 1 rings (SSSR count). The number of hydrogen-bond acceptors (Lipinski definition) is 2. The third-order valence-electron chi connectivity index (χ3n) is 2.32. The number of hydrogen-bond donors (Lipinski definition) is 0. The Hall–Kier alpha value is -1.57. The summed E-state index contributed by atoms with van der Waals surface area (Å²) in [6.07, 6.45) is 1.65. The van der Waals surface area contributed by atoms with Crippen LogP contribution in [0.5, 0.6) is 0 Å². The normalized spacial score (nSPS) is 11.9. The summed E-state index contributed by atoms with van der Waals surface area (Å²) >= 11 is 0. The Balaban J connectivity index is 2.76. The van der Waals surface area contributed by atoms with Gasteiger partial charge in [-0.2, -0.15) is 0 Å². The van der Waals surface area contributed by atoms with Gasteiger partial charge in [0.05, 0.1) is 0 Å². The van der Waals surface area contributed by atoms with Gasteiger partial charge in [0.1, 0.15) is 6.10 Å². The lowest BCUT2D eigenvalue weighted by atomic mass is 10.1. The first-order chi connectivity index (χ1) is 7.65. The molecule has 0 amide bonds. The number of rotatable bonds is 5. The van der Waals surface area contributed by atoms with Gasteiger partial charge in [-0.1, -0.05) is 50.3 Å². The minimum absolute atomic E-state index is 0.157. The lowest BCUT2D eigenvalue weighted by Gasteiger charge is -2.17. The van der Waals surface area contributed by atoms with Crippen molar-refractivity contribution in [2.75, 3.05) is 0 Å². The first-order valence-electron chi connectivity index (χ1n) is 5.56. The molecule has 0 bridgehead atoms. The van der Waals surface area contributed by atoms with E-state index in [1.54, 1.807) is 6.92 Å². The van der Waals surface area contributed by atoms with Gasteiger partial charge in [0.15, 0.2) is 0 Å². The van der Waals surface area contributed by atoms with E-state index < -0.39 is 0 Å². The highest BCUT2D eigenvalue weighted by molar-refractivity contribution is 5.87. The molecule has 1 atom stereocenters. The van der Waals surface area contributed by atoms with Crippen LogP contribution in [-0.2, 0) is 9.53 Å². The van der Waals surface area contributed by atoms with Gasteiger partial charge < -0.3 is 4.74 Å². The summed E-state index contributed by atoms with van der Waals surface area (Å²) < 4.78 is 5.40. The molecule has 0 aliphatic carbocycles. The molecule has 1 aromatic rings. The maximum Gasteiger partial charge on any atom is 0.333 e. The second kappa shape index (κ2) is 6.11. The van der Waals surface area contributed by atoms with E-state index in [1.807, 2.05) is 30.3 Å². The Morgan fingerprint density at radius 1 is 1.38 bits per heavy atom. The molecule has 16 heavy (non-hydrogen) atoms. The van der Waals surface area contributed by atoms with Crippen molar-refractivity contribution < 1.29 is 9.53 Å². The molecular formula is C14H18O2. The van der Waals surface area contributed by atoms with E-state index in [2.05, 4.69) is 13.5 Å². The van der Waals surface area contributed by atoms with Crippen LogP contribution in [0.1, 0.15) is 38.4 Å². The number of ether oxygens (including phenoxy) is 1. The standard InChI is InChI=1S/C14H18O2/c1-4-8-13(16-14(15)11(2)3)12-9-6-5-7-10-12/h5-7,9-10,13H,2,4,8H2,1,3H3. The second-order valence-electron chi connectivity index (χ2n) is 3.87. The second-order valence-corrected chi connectivity index (χ2v) is 3.87. The number of benzene rings is 1. The monoisotopic (exact) mass is 218 g/mol. The first kappa shape index (κ1) is 12.5. The van der Waals surface area contributed by atoms with E-state index in [0.29, 0.717) is 5.57 Å². The lowest BCUT2D eigenvalue weighted by molar-refractivity contribution is -0.145. The van der Waals surface area contributed by atoms with Crippen LogP contribution in [0, 0.1) is 0 Å². The summed E-state index contributed by atoms with van der Waals surface area (Å²) in [7, 11) is 0. The van der Waals surface area contributed by atoms with E-state index in [0.717, 1.165) is 18.4 Å². The van der Waals surface area contributed by atoms with Gasteiger partial charge in [0, 0.05) is 5.57 Å². The lowest BCUT2D eigenvalue weighted by Crippen LogP contribution is -2.11. The Morgan fingerprint density at radius 3 is 2.50 bits per heavy atom. The average molecular weight is 218 g/mol. The molecule has 86 valence electrons. The first-order valence-corrected chi connectivity index (χ1v) is 5.56. The maximum absolute atomic E-state index is 11.5. The molecule has 1 unspecified atom stereocenters. The molecule has 2 nitrogen and oxygen atoms in total. The Labute approximate surface area is 96.9 Å². The average Bonchev–Trinajstić information content (AvgIpc) is 2.29. The molecule has 2 heteroatoms. The van der Waals surface area contributed by atoms with Crippen molar-refractivity contribution in [3.8, 4) is 0 Å². The zero-order valence-electron chi connectivity index (χ0n) is 9.90. The van der Waals surface area contributed by atoms with Gasteiger partial charge in [-0.05, 0) is 18.9 Å². The summed E-state index contributed by atoms with van der Waals surface area (Å²) in [4.78, 5) is 11.5. The molecule has 0 saturated carbocycles. The molecule has 0 aliphatic heterocycles. The Bertz CT molecular complexity index is 354. The Morgan fingerprint density at radius 2 is 2.00 bits per heavy atom. The smallest absolute Gasteiger partial charge is 0.333 e. The highest BCUT2D eigenvalue weighted by atomic mass is 16.5.